The first-order valence-corrected chi connectivity index (χ1v) is 5.58. The summed E-state index contributed by atoms with van der Waals surface area (Å²) in [6.45, 7) is 4.43. The van der Waals surface area contributed by atoms with Gasteiger partial charge >= 0.3 is 0 Å². The molecule has 4 atom stereocenters. The Kier molecular flexibility index (Phi) is 1.97. The van der Waals surface area contributed by atoms with Crippen molar-refractivity contribution in [1.29, 1.82) is 0 Å². The molecule has 0 radical (unpaired) electrons. The average molecular weight is 182 g/mol. The maximum Gasteiger partial charge on any atom is 0.0339 e. The van der Waals surface area contributed by atoms with Crippen molar-refractivity contribution >= 4 is 0 Å². The predicted molar refractivity (Wildman–Crippen MR) is 55.2 cm³/mol. The van der Waals surface area contributed by atoms with Crippen LogP contribution >= 0.6 is 0 Å². The molecule has 0 heterocycles. The van der Waals surface area contributed by atoms with Crippen molar-refractivity contribution in [2.75, 3.05) is 0 Å². The van der Waals surface area contributed by atoms with Crippen LogP contribution in [0.1, 0.15) is 46.0 Å². The van der Waals surface area contributed by atoms with Gasteiger partial charge in [-0.3, -0.25) is 0 Å². The largest absolute Gasteiger partial charge is 0.326 e. The third-order valence-corrected chi connectivity index (χ3v) is 4.72. The van der Waals surface area contributed by atoms with E-state index < -0.39 is 0 Å². The minimum absolute atomic E-state index is 0.105. The molecule has 0 spiro atoms. The van der Waals surface area contributed by atoms with Gasteiger partial charge < -0.3 is 11.5 Å². The summed E-state index contributed by atoms with van der Waals surface area (Å²) in [7, 11) is 0. The van der Waals surface area contributed by atoms with Gasteiger partial charge in [-0.05, 0) is 43.9 Å². The van der Waals surface area contributed by atoms with E-state index in [0.29, 0.717) is 11.3 Å². The highest BCUT2D eigenvalue weighted by Crippen LogP contribution is 2.60. The van der Waals surface area contributed by atoms with Crippen LogP contribution in [0.25, 0.3) is 0 Å². The molecule has 2 heteroatoms. The molecule has 0 aromatic heterocycles. The van der Waals surface area contributed by atoms with Gasteiger partial charge in [-0.15, -0.1) is 0 Å². The van der Waals surface area contributed by atoms with Crippen LogP contribution in [0.5, 0.6) is 0 Å². The van der Waals surface area contributed by atoms with Gasteiger partial charge in [-0.2, -0.15) is 0 Å². The summed E-state index contributed by atoms with van der Waals surface area (Å²) < 4.78 is 0. The molecule has 2 fully saturated rings. The fourth-order valence-electron chi connectivity index (χ4n) is 3.78. The molecule has 0 amide bonds. The first-order chi connectivity index (χ1) is 6.03. The molecule has 0 aromatic carbocycles. The molecule has 2 aliphatic carbocycles. The van der Waals surface area contributed by atoms with E-state index in [2.05, 4.69) is 13.8 Å². The van der Waals surface area contributed by atoms with Crippen LogP contribution < -0.4 is 11.5 Å². The smallest absolute Gasteiger partial charge is 0.0339 e. The van der Waals surface area contributed by atoms with Crippen LogP contribution in [-0.4, -0.2) is 11.6 Å². The van der Waals surface area contributed by atoms with E-state index >= 15 is 0 Å². The lowest BCUT2D eigenvalue weighted by atomic mass is 9.66. The molecule has 0 aromatic rings. The van der Waals surface area contributed by atoms with Crippen molar-refractivity contribution in [2.45, 2.75) is 57.5 Å². The third-order valence-electron chi connectivity index (χ3n) is 4.72. The minimum atomic E-state index is -0.105. The average Bonchev–Trinajstić information content (AvgIpc) is 2.54. The number of hydrogen-bond acceptors (Lipinski definition) is 2. The van der Waals surface area contributed by atoms with E-state index in [4.69, 9.17) is 11.5 Å². The zero-order valence-electron chi connectivity index (χ0n) is 8.84. The summed E-state index contributed by atoms with van der Waals surface area (Å²) in [4.78, 5) is 0. The molecular weight excluding hydrogens is 160 g/mol. The molecule has 2 saturated carbocycles. The van der Waals surface area contributed by atoms with Crippen LogP contribution in [0.2, 0.25) is 0 Å². The van der Waals surface area contributed by atoms with Crippen molar-refractivity contribution in [3.8, 4) is 0 Å². The Labute approximate surface area is 81.1 Å². The second-order valence-corrected chi connectivity index (χ2v) is 5.34. The van der Waals surface area contributed by atoms with Crippen molar-refractivity contribution in [3.63, 3.8) is 0 Å². The molecule has 0 aliphatic heterocycles. The Hall–Kier alpha value is -0.0800. The number of hydrogen-bond donors (Lipinski definition) is 2. The normalized spacial score (nSPS) is 54.5. The molecular formula is C11H22N2. The number of rotatable bonds is 2. The van der Waals surface area contributed by atoms with Crippen LogP contribution in [0.15, 0.2) is 0 Å². The maximum absolute atomic E-state index is 6.40. The SMILES string of the molecule is CCCC12CCC(C1)C(N)C2(C)N. The fourth-order valence-corrected chi connectivity index (χ4v) is 3.78. The molecule has 2 nitrogen and oxygen atoms in total. The van der Waals surface area contributed by atoms with Crippen molar-refractivity contribution < 1.29 is 0 Å². The summed E-state index contributed by atoms with van der Waals surface area (Å²) in [5.74, 6) is 0.710. The predicted octanol–water partition coefficient (Wildman–Crippen LogP) is 1.63. The Morgan fingerprint density at radius 1 is 1.46 bits per heavy atom. The quantitative estimate of drug-likeness (QED) is 0.682. The highest BCUT2D eigenvalue weighted by atomic mass is 14.9. The van der Waals surface area contributed by atoms with Gasteiger partial charge in [0.2, 0.25) is 0 Å². The Balaban J connectivity index is 2.27. The lowest BCUT2D eigenvalue weighted by Crippen LogP contribution is -2.61. The van der Waals surface area contributed by atoms with Crippen molar-refractivity contribution in [3.05, 3.63) is 0 Å². The van der Waals surface area contributed by atoms with Crippen LogP contribution in [0, 0.1) is 11.3 Å². The fraction of sp³-hybridized carbons (Fsp3) is 1.00. The summed E-state index contributed by atoms with van der Waals surface area (Å²) in [6, 6.07) is 0.243. The summed E-state index contributed by atoms with van der Waals surface area (Å²) >= 11 is 0. The topological polar surface area (TPSA) is 52.0 Å². The van der Waals surface area contributed by atoms with E-state index in [9.17, 15) is 0 Å². The molecule has 4 N–H and O–H groups in total. The van der Waals surface area contributed by atoms with Crippen molar-refractivity contribution in [2.24, 2.45) is 22.8 Å². The van der Waals surface area contributed by atoms with E-state index in [0.717, 1.165) is 0 Å². The van der Waals surface area contributed by atoms with Gasteiger partial charge in [0.25, 0.3) is 0 Å². The molecule has 0 saturated heterocycles. The maximum atomic E-state index is 6.40. The molecule has 13 heavy (non-hydrogen) atoms. The van der Waals surface area contributed by atoms with E-state index in [1.54, 1.807) is 0 Å². The van der Waals surface area contributed by atoms with Gasteiger partial charge in [0.1, 0.15) is 0 Å². The highest BCUT2D eigenvalue weighted by Gasteiger charge is 2.61. The highest BCUT2D eigenvalue weighted by molar-refractivity contribution is 5.18. The van der Waals surface area contributed by atoms with Gasteiger partial charge in [0.15, 0.2) is 0 Å². The lowest BCUT2D eigenvalue weighted by molar-refractivity contribution is 0.127. The standard InChI is InChI=1S/C11H22N2/c1-3-5-11-6-4-8(7-11)9(12)10(11,2)13/h8-9H,3-7,12-13H2,1-2H3. The molecule has 2 aliphatic rings. The van der Waals surface area contributed by atoms with Gasteiger partial charge in [0, 0.05) is 11.6 Å². The molecule has 4 unspecified atom stereocenters. The van der Waals surface area contributed by atoms with Crippen molar-refractivity contribution in [1.82, 2.24) is 0 Å². The second kappa shape index (κ2) is 2.71. The summed E-state index contributed by atoms with van der Waals surface area (Å²) in [5.41, 5.74) is 12.9. The zero-order chi connectivity index (χ0) is 9.69. The third kappa shape index (κ3) is 1.02. The molecule has 2 bridgehead atoms. The summed E-state index contributed by atoms with van der Waals surface area (Å²) in [6.07, 6.45) is 6.42. The minimum Gasteiger partial charge on any atom is -0.326 e. The van der Waals surface area contributed by atoms with Crippen LogP contribution in [-0.2, 0) is 0 Å². The van der Waals surface area contributed by atoms with Crippen LogP contribution in [0.3, 0.4) is 0 Å². The van der Waals surface area contributed by atoms with Gasteiger partial charge in [0.05, 0.1) is 0 Å². The molecule has 76 valence electrons. The Morgan fingerprint density at radius 2 is 2.15 bits per heavy atom. The zero-order valence-corrected chi connectivity index (χ0v) is 8.84. The van der Waals surface area contributed by atoms with Crippen LogP contribution in [0.4, 0.5) is 0 Å². The first kappa shape index (κ1) is 9.47. The monoisotopic (exact) mass is 182 g/mol. The Morgan fingerprint density at radius 3 is 2.62 bits per heavy atom. The number of fused-ring (bicyclic) bond motifs is 2. The van der Waals surface area contributed by atoms with Gasteiger partial charge in [-0.1, -0.05) is 13.3 Å². The second-order valence-electron chi connectivity index (χ2n) is 5.34. The lowest BCUT2D eigenvalue weighted by Gasteiger charge is -2.45. The van der Waals surface area contributed by atoms with Gasteiger partial charge in [-0.25, -0.2) is 0 Å². The number of nitrogens with two attached hydrogens (primary N) is 2. The first-order valence-electron chi connectivity index (χ1n) is 5.58. The summed E-state index contributed by atoms with van der Waals surface area (Å²) in [5, 5.41) is 0. The van der Waals surface area contributed by atoms with E-state index in [1.165, 1.54) is 32.1 Å². The van der Waals surface area contributed by atoms with E-state index in [1.807, 2.05) is 0 Å². The van der Waals surface area contributed by atoms with E-state index in [-0.39, 0.29) is 11.6 Å². The molecule has 2 rings (SSSR count). The Bertz CT molecular complexity index is 212.